The molecule has 186 valence electrons. The fourth-order valence-corrected chi connectivity index (χ4v) is 4.11. The van der Waals surface area contributed by atoms with E-state index < -0.39 is 17.8 Å². The number of nitrogens with zero attached hydrogens (tertiary/aromatic N) is 3. The number of anilines is 1. The van der Waals surface area contributed by atoms with Gasteiger partial charge in [0.1, 0.15) is 28.5 Å². The maximum absolute atomic E-state index is 13.1. The summed E-state index contributed by atoms with van der Waals surface area (Å²) in [5.74, 6) is -0.00501. The molecular weight excluding hydrogens is 465 g/mol. The molecule has 3 aromatic heterocycles. The first-order valence-electron chi connectivity index (χ1n) is 11.3. The molecule has 0 saturated carbocycles. The van der Waals surface area contributed by atoms with Gasteiger partial charge in [-0.3, -0.25) is 4.79 Å². The first-order valence-corrected chi connectivity index (χ1v) is 11.3. The van der Waals surface area contributed by atoms with Crippen molar-refractivity contribution in [1.29, 1.82) is 0 Å². The van der Waals surface area contributed by atoms with Crippen LogP contribution < -0.4 is 10.1 Å². The van der Waals surface area contributed by atoms with Crippen molar-refractivity contribution in [2.24, 2.45) is 11.3 Å². The highest BCUT2D eigenvalue weighted by atomic mass is 19.4. The zero-order chi connectivity index (χ0) is 24.6. The Hall–Kier alpha value is -3.18. The number of pyridine rings is 2. The molecule has 35 heavy (non-hydrogen) atoms. The molecule has 5 heterocycles. The maximum Gasteiger partial charge on any atom is 0.433 e. The zero-order valence-corrected chi connectivity index (χ0v) is 19.1. The Bertz CT molecular complexity index is 1230. The van der Waals surface area contributed by atoms with E-state index in [0.29, 0.717) is 49.4 Å². The number of ether oxygens (including phenoxy) is 3. The average Bonchev–Trinajstić information content (AvgIpc) is 3.45. The van der Waals surface area contributed by atoms with Gasteiger partial charge in [0, 0.05) is 37.1 Å². The van der Waals surface area contributed by atoms with E-state index in [1.807, 2.05) is 13.1 Å². The molecule has 5 rings (SSSR count). The summed E-state index contributed by atoms with van der Waals surface area (Å²) in [7, 11) is 0. The highest BCUT2D eigenvalue weighted by Gasteiger charge is 2.35. The normalized spacial score (nSPS) is 19.5. The van der Waals surface area contributed by atoms with Gasteiger partial charge in [-0.1, -0.05) is 13.0 Å². The summed E-state index contributed by atoms with van der Waals surface area (Å²) in [6, 6.07) is 4.92. The fraction of sp³-hybridized carbons (Fsp3) is 0.458. The van der Waals surface area contributed by atoms with Crippen molar-refractivity contribution in [3.05, 3.63) is 53.7 Å². The van der Waals surface area contributed by atoms with Crippen molar-refractivity contribution < 1.29 is 32.2 Å². The third-order valence-corrected chi connectivity index (χ3v) is 6.12. The van der Waals surface area contributed by atoms with Crippen molar-refractivity contribution in [3.8, 4) is 5.75 Å². The van der Waals surface area contributed by atoms with Crippen LogP contribution in [-0.4, -0.2) is 53.3 Å². The number of fused-ring (bicyclic) bond motifs is 1. The molecule has 2 saturated heterocycles. The molecule has 2 aliphatic rings. The van der Waals surface area contributed by atoms with Crippen LogP contribution in [0, 0.1) is 11.3 Å². The van der Waals surface area contributed by atoms with Crippen molar-refractivity contribution in [3.63, 3.8) is 0 Å². The number of hydrogen-bond donors (Lipinski definition) is 1. The van der Waals surface area contributed by atoms with Gasteiger partial charge in [-0.05, 0) is 30.9 Å². The topological polar surface area (TPSA) is 87.0 Å². The average molecular weight is 490 g/mol. The lowest BCUT2D eigenvalue weighted by Crippen LogP contribution is -2.44. The summed E-state index contributed by atoms with van der Waals surface area (Å²) in [6.45, 7) is 4.94. The summed E-state index contributed by atoms with van der Waals surface area (Å²) < 4.78 is 57.7. The van der Waals surface area contributed by atoms with Gasteiger partial charge in [0.25, 0.3) is 5.91 Å². The lowest BCUT2D eigenvalue weighted by molar-refractivity contribution is -0.141. The Morgan fingerprint density at radius 3 is 2.77 bits per heavy atom. The first kappa shape index (κ1) is 23.6. The number of carbonyl (C=O) groups is 1. The van der Waals surface area contributed by atoms with Crippen LogP contribution in [0.25, 0.3) is 5.65 Å². The fourth-order valence-electron chi connectivity index (χ4n) is 4.11. The second kappa shape index (κ2) is 9.12. The lowest BCUT2D eigenvalue weighted by Gasteiger charge is -2.37. The number of alkyl halides is 3. The van der Waals surface area contributed by atoms with Crippen molar-refractivity contribution in [1.82, 2.24) is 14.4 Å². The van der Waals surface area contributed by atoms with Crippen LogP contribution in [0.15, 0.2) is 36.7 Å². The largest absolute Gasteiger partial charge is 0.490 e. The van der Waals surface area contributed by atoms with Crippen LogP contribution in [0.5, 0.6) is 5.75 Å². The minimum absolute atomic E-state index is 0.154. The van der Waals surface area contributed by atoms with E-state index in [9.17, 15) is 18.0 Å². The second-order valence-electron chi connectivity index (χ2n) is 9.43. The van der Waals surface area contributed by atoms with E-state index in [4.69, 9.17) is 14.2 Å². The van der Waals surface area contributed by atoms with Gasteiger partial charge >= 0.3 is 6.18 Å². The molecule has 1 unspecified atom stereocenters. The molecule has 0 aromatic carbocycles. The van der Waals surface area contributed by atoms with E-state index in [1.165, 1.54) is 6.07 Å². The van der Waals surface area contributed by atoms with Crippen LogP contribution in [0.4, 0.5) is 18.9 Å². The van der Waals surface area contributed by atoms with E-state index in [2.05, 4.69) is 15.3 Å². The van der Waals surface area contributed by atoms with Crippen molar-refractivity contribution in [2.75, 3.05) is 38.4 Å². The molecule has 3 aromatic rings. The van der Waals surface area contributed by atoms with Gasteiger partial charge < -0.3 is 23.9 Å². The van der Waals surface area contributed by atoms with Gasteiger partial charge in [-0.25, -0.2) is 9.97 Å². The summed E-state index contributed by atoms with van der Waals surface area (Å²) in [5, 5.41) is 2.66. The predicted octanol–water partition coefficient (Wildman–Crippen LogP) is 3.99. The number of aromatic nitrogens is 3. The Kier molecular flexibility index (Phi) is 6.14. The van der Waals surface area contributed by atoms with Gasteiger partial charge in [-0.15, -0.1) is 0 Å². The smallest absolute Gasteiger partial charge is 0.433 e. The number of nitrogens with one attached hydrogen (secondary N) is 1. The Morgan fingerprint density at radius 2 is 2.09 bits per heavy atom. The van der Waals surface area contributed by atoms with Crippen molar-refractivity contribution in [2.45, 2.75) is 25.9 Å². The number of carbonyl (C=O) groups excluding carboxylic acids is 1. The minimum atomic E-state index is -4.65. The highest BCUT2D eigenvalue weighted by Crippen LogP contribution is 2.33. The molecular formula is C24H25F3N4O4. The van der Waals surface area contributed by atoms with Crippen LogP contribution >= 0.6 is 0 Å². The molecule has 8 nitrogen and oxygen atoms in total. The van der Waals surface area contributed by atoms with Crippen LogP contribution in [-0.2, 0) is 22.1 Å². The predicted molar refractivity (Wildman–Crippen MR) is 119 cm³/mol. The summed E-state index contributed by atoms with van der Waals surface area (Å²) in [4.78, 5) is 21.0. The zero-order valence-electron chi connectivity index (χ0n) is 19.1. The second-order valence-corrected chi connectivity index (χ2v) is 9.43. The summed E-state index contributed by atoms with van der Waals surface area (Å²) in [5.41, 5.74) is 0.188. The van der Waals surface area contributed by atoms with Gasteiger partial charge in [0.05, 0.1) is 25.5 Å². The van der Waals surface area contributed by atoms with Crippen LogP contribution in [0.3, 0.4) is 0 Å². The molecule has 0 spiro atoms. The molecule has 1 atom stereocenters. The van der Waals surface area contributed by atoms with E-state index >= 15 is 0 Å². The Balaban J connectivity index is 1.43. The molecule has 11 heteroatoms. The summed E-state index contributed by atoms with van der Waals surface area (Å²) >= 11 is 0. The first-order chi connectivity index (χ1) is 16.7. The quantitative estimate of drug-likeness (QED) is 0.539. The molecule has 0 radical (unpaired) electrons. The molecule has 0 aliphatic carbocycles. The standard InChI is InChI=1S/C24H25F3N4O4/c1-23(12-34-13-23)14-35-19-8-21-28-16(7-15-5-6-33-11-15)9-31(21)10-18(19)30-22(32)17-3-2-4-20(29-17)24(25,26)27/h2-4,8-10,15H,5-7,11-14H2,1H3,(H,30,32). The summed E-state index contributed by atoms with van der Waals surface area (Å²) in [6.07, 6.45) is 0.618. The molecule has 2 aliphatic heterocycles. The number of rotatable bonds is 7. The van der Waals surface area contributed by atoms with E-state index in [0.717, 1.165) is 37.3 Å². The Labute approximate surface area is 199 Å². The lowest BCUT2D eigenvalue weighted by atomic mass is 9.90. The molecule has 0 bridgehead atoms. The number of hydrogen-bond acceptors (Lipinski definition) is 6. The van der Waals surface area contributed by atoms with Gasteiger partial charge in [-0.2, -0.15) is 13.2 Å². The molecule has 1 amide bonds. The third kappa shape index (κ3) is 5.25. The minimum Gasteiger partial charge on any atom is -0.490 e. The number of halogens is 3. The van der Waals surface area contributed by atoms with Crippen LogP contribution in [0.2, 0.25) is 0 Å². The van der Waals surface area contributed by atoms with Crippen molar-refractivity contribution >= 4 is 17.2 Å². The van der Waals surface area contributed by atoms with Gasteiger partial charge in [0.15, 0.2) is 0 Å². The Morgan fingerprint density at radius 1 is 1.26 bits per heavy atom. The maximum atomic E-state index is 13.1. The highest BCUT2D eigenvalue weighted by molar-refractivity contribution is 6.03. The third-order valence-electron chi connectivity index (χ3n) is 6.12. The van der Waals surface area contributed by atoms with Crippen LogP contribution in [0.1, 0.15) is 35.2 Å². The van der Waals surface area contributed by atoms with Gasteiger partial charge in [0.2, 0.25) is 0 Å². The number of imidazole rings is 1. The SMILES string of the molecule is CC1(COc2cc3nc(CC4CCOC4)cn3cc2NC(=O)c2cccc(C(F)(F)F)n2)COC1. The molecule has 2 fully saturated rings. The monoisotopic (exact) mass is 490 g/mol. The van der Waals surface area contributed by atoms with E-state index in [1.54, 1.807) is 16.7 Å². The molecule has 1 N–H and O–H groups in total. The number of amides is 1. The van der Waals surface area contributed by atoms with E-state index in [-0.39, 0.29) is 11.1 Å².